The molecule has 3 aromatic rings. The highest BCUT2D eigenvalue weighted by atomic mass is 16.5. The standard InChI is InChI=1S/C32H42N4O5/c1-7-34(8-2)16-11-18-36-29(23-13-14-24(25(20-23)40-6)41-19-15-21(3)4)27(31(38)32(36)39)30(37)28-22(5)33-26-12-9-10-17-35(26)28/h9-10,12-14,17,20-21,29,37H,7-8,11,15-16,18-19H2,1-6H3/b30-27+. The highest BCUT2D eigenvalue weighted by Crippen LogP contribution is 2.42. The average molecular weight is 563 g/mol. The molecule has 0 saturated carbocycles. The summed E-state index contributed by atoms with van der Waals surface area (Å²) in [5.41, 5.74) is 2.30. The van der Waals surface area contributed by atoms with Crippen LogP contribution < -0.4 is 9.47 Å². The summed E-state index contributed by atoms with van der Waals surface area (Å²) in [5.74, 6) is 0.0149. The third-order valence-electron chi connectivity index (χ3n) is 7.69. The zero-order valence-electron chi connectivity index (χ0n) is 25.0. The number of hydrogen-bond donors (Lipinski definition) is 1. The van der Waals surface area contributed by atoms with Gasteiger partial charge < -0.3 is 24.4 Å². The molecular weight excluding hydrogens is 520 g/mol. The van der Waals surface area contributed by atoms with Crippen LogP contribution in [0.4, 0.5) is 0 Å². The fourth-order valence-corrected chi connectivity index (χ4v) is 5.37. The molecule has 9 nitrogen and oxygen atoms in total. The summed E-state index contributed by atoms with van der Waals surface area (Å²) < 4.78 is 13.4. The predicted octanol–water partition coefficient (Wildman–Crippen LogP) is 5.23. The Morgan fingerprint density at radius 2 is 1.88 bits per heavy atom. The lowest BCUT2D eigenvalue weighted by atomic mass is 9.95. The van der Waals surface area contributed by atoms with E-state index in [-0.39, 0.29) is 11.3 Å². The summed E-state index contributed by atoms with van der Waals surface area (Å²) in [6, 6.07) is 10.2. The fraction of sp³-hybridized carbons (Fsp3) is 0.469. The second-order valence-electron chi connectivity index (χ2n) is 10.8. The summed E-state index contributed by atoms with van der Waals surface area (Å²) in [4.78, 5) is 35.5. The molecule has 1 fully saturated rings. The Kier molecular flexibility index (Phi) is 9.70. The van der Waals surface area contributed by atoms with Crippen LogP contribution in [0.25, 0.3) is 11.4 Å². The lowest BCUT2D eigenvalue weighted by molar-refractivity contribution is -0.140. The molecule has 1 aromatic carbocycles. The first kappa shape index (κ1) is 30.1. The van der Waals surface area contributed by atoms with Gasteiger partial charge in [0.25, 0.3) is 11.7 Å². The van der Waals surface area contributed by atoms with Gasteiger partial charge in [0, 0.05) is 12.7 Å². The highest BCUT2D eigenvalue weighted by Gasteiger charge is 2.46. The number of rotatable bonds is 13. The van der Waals surface area contributed by atoms with E-state index in [1.807, 2.05) is 30.3 Å². The van der Waals surface area contributed by atoms with Crippen molar-refractivity contribution in [2.24, 2.45) is 5.92 Å². The van der Waals surface area contributed by atoms with Gasteiger partial charge in [-0.2, -0.15) is 0 Å². The molecular formula is C32H42N4O5. The first-order chi connectivity index (χ1) is 19.7. The van der Waals surface area contributed by atoms with Gasteiger partial charge in [0.2, 0.25) is 0 Å². The molecule has 41 heavy (non-hydrogen) atoms. The van der Waals surface area contributed by atoms with Crippen molar-refractivity contribution in [1.82, 2.24) is 19.2 Å². The second-order valence-corrected chi connectivity index (χ2v) is 10.8. The van der Waals surface area contributed by atoms with Gasteiger partial charge in [-0.1, -0.05) is 39.8 Å². The number of fused-ring (bicyclic) bond motifs is 1. The number of carbonyl (C=O) groups excluding carboxylic acids is 2. The lowest BCUT2D eigenvalue weighted by Crippen LogP contribution is -2.33. The maximum Gasteiger partial charge on any atom is 0.295 e. The largest absolute Gasteiger partial charge is 0.505 e. The quantitative estimate of drug-likeness (QED) is 0.173. The first-order valence-electron chi connectivity index (χ1n) is 14.5. The monoisotopic (exact) mass is 562 g/mol. The van der Waals surface area contributed by atoms with Crippen LogP contribution in [0.1, 0.15) is 63.5 Å². The Balaban J connectivity index is 1.80. The smallest absolute Gasteiger partial charge is 0.295 e. The normalized spacial score (nSPS) is 16.9. The van der Waals surface area contributed by atoms with Crippen molar-refractivity contribution in [2.75, 3.05) is 39.9 Å². The average Bonchev–Trinajstić information content (AvgIpc) is 3.43. The van der Waals surface area contributed by atoms with E-state index in [2.05, 4.69) is 37.6 Å². The van der Waals surface area contributed by atoms with Crippen LogP contribution in [-0.4, -0.2) is 75.9 Å². The van der Waals surface area contributed by atoms with Crippen molar-refractivity contribution in [1.29, 1.82) is 0 Å². The van der Waals surface area contributed by atoms with Crippen molar-refractivity contribution < 1.29 is 24.2 Å². The minimum absolute atomic E-state index is 0.0436. The number of Topliss-reactive ketones (excluding diaryl/α,β-unsaturated/α-hetero) is 1. The van der Waals surface area contributed by atoms with E-state index in [1.54, 1.807) is 35.6 Å². The molecule has 1 aliphatic rings. The van der Waals surface area contributed by atoms with Crippen molar-refractivity contribution in [2.45, 2.75) is 53.5 Å². The summed E-state index contributed by atoms with van der Waals surface area (Å²) in [7, 11) is 1.57. The minimum Gasteiger partial charge on any atom is -0.505 e. The molecule has 1 unspecified atom stereocenters. The number of ketones is 1. The fourth-order valence-electron chi connectivity index (χ4n) is 5.37. The van der Waals surface area contributed by atoms with Gasteiger partial charge in [0.15, 0.2) is 17.3 Å². The van der Waals surface area contributed by atoms with E-state index in [0.29, 0.717) is 59.6 Å². The molecule has 3 heterocycles. The number of ether oxygens (including phenoxy) is 2. The van der Waals surface area contributed by atoms with Crippen molar-refractivity contribution >= 4 is 23.1 Å². The number of aliphatic hydroxyl groups is 1. The van der Waals surface area contributed by atoms with Crippen LogP contribution in [0.15, 0.2) is 48.2 Å². The molecule has 1 atom stereocenters. The van der Waals surface area contributed by atoms with Crippen LogP contribution in [0.2, 0.25) is 0 Å². The van der Waals surface area contributed by atoms with Crippen molar-refractivity contribution in [3.8, 4) is 11.5 Å². The van der Waals surface area contributed by atoms with Gasteiger partial charge in [-0.15, -0.1) is 0 Å². The van der Waals surface area contributed by atoms with E-state index < -0.39 is 17.7 Å². The highest BCUT2D eigenvalue weighted by molar-refractivity contribution is 6.46. The van der Waals surface area contributed by atoms with Gasteiger partial charge in [-0.25, -0.2) is 4.98 Å². The summed E-state index contributed by atoms with van der Waals surface area (Å²) in [6.45, 7) is 13.8. The van der Waals surface area contributed by atoms with E-state index >= 15 is 0 Å². The maximum atomic E-state index is 13.6. The number of likely N-dealkylation sites (tertiary alicyclic amines) is 1. The topological polar surface area (TPSA) is 96.6 Å². The van der Waals surface area contributed by atoms with E-state index in [4.69, 9.17) is 9.47 Å². The third kappa shape index (κ3) is 6.25. The Hall–Kier alpha value is -3.85. The molecule has 1 aliphatic heterocycles. The Bertz CT molecular complexity index is 1420. The van der Waals surface area contributed by atoms with Crippen LogP contribution >= 0.6 is 0 Å². The van der Waals surface area contributed by atoms with Gasteiger partial charge in [0.1, 0.15) is 11.3 Å². The van der Waals surface area contributed by atoms with Crippen molar-refractivity contribution in [3.05, 3.63) is 65.1 Å². The number of hydrogen-bond acceptors (Lipinski definition) is 7. The number of aromatic nitrogens is 2. The summed E-state index contributed by atoms with van der Waals surface area (Å²) in [5, 5.41) is 11.7. The maximum absolute atomic E-state index is 13.6. The van der Waals surface area contributed by atoms with Crippen LogP contribution in [0.5, 0.6) is 11.5 Å². The Labute approximate surface area is 242 Å². The number of nitrogens with zero attached hydrogens (tertiary/aromatic N) is 4. The van der Waals surface area contributed by atoms with E-state index in [9.17, 15) is 14.7 Å². The number of carbonyl (C=O) groups is 2. The Morgan fingerprint density at radius 1 is 1.12 bits per heavy atom. The number of aliphatic hydroxyl groups excluding tert-OH is 1. The van der Waals surface area contributed by atoms with Gasteiger partial charge in [-0.3, -0.25) is 14.0 Å². The minimum atomic E-state index is -0.793. The lowest BCUT2D eigenvalue weighted by Gasteiger charge is -2.27. The second kappa shape index (κ2) is 13.2. The number of methoxy groups -OCH3 is 1. The van der Waals surface area contributed by atoms with Gasteiger partial charge >= 0.3 is 0 Å². The molecule has 9 heteroatoms. The molecule has 1 amide bonds. The van der Waals surface area contributed by atoms with Crippen LogP contribution in [0.3, 0.4) is 0 Å². The van der Waals surface area contributed by atoms with Crippen molar-refractivity contribution in [3.63, 3.8) is 0 Å². The molecule has 4 rings (SSSR count). The third-order valence-corrected chi connectivity index (χ3v) is 7.69. The molecule has 2 aromatic heterocycles. The molecule has 220 valence electrons. The molecule has 0 aliphatic carbocycles. The predicted molar refractivity (Wildman–Crippen MR) is 159 cm³/mol. The number of imidazole rings is 1. The van der Waals surface area contributed by atoms with Crippen LogP contribution in [0, 0.1) is 12.8 Å². The number of benzene rings is 1. The molecule has 0 spiro atoms. The van der Waals surface area contributed by atoms with E-state index in [0.717, 1.165) is 26.1 Å². The molecule has 1 N–H and O–H groups in total. The summed E-state index contributed by atoms with van der Waals surface area (Å²) >= 11 is 0. The zero-order valence-corrected chi connectivity index (χ0v) is 25.0. The molecule has 1 saturated heterocycles. The van der Waals surface area contributed by atoms with Crippen LogP contribution in [-0.2, 0) is 9.59 Å². The summed E-state index contributed by atoms with van der Waals surface area (Å²) in [6.07, 6.45) is 3.37. The Morgan fingerprint density at radius 3 is 2.56 bits per heavy atom. The van der Waals surface area contributed by atoms with E-state index in [1.165, 1.54) is 0 Å². The molecule has 0 radical (unpaired) electrons. The SMILES string of the molecule is CCN(CC)CCCN1C(=O)C(=O)/C(=C(/O)c2c(C)nc3ccccn23)C1c1ccc(OCCC(C)C)c(OC)c1. The number of pyridine rings is 1. The first-order valence-corrected chi connectivity index (χ1v) is 14.5. The zero-order chi connectivity index (χ0) is 29.7. The van der Waals surface area contributed by atoms with Gasteiger partial charge in [-0.05, 0) is 75.1 Å². The number of aryl methyl sites for hydroxylation is 1. The number of amides is 1. The van der Waals surface area contributed by atoms with Gasteiger partial charge in [0.05, 0.1) is 31.0 Å². The molecule has 0 bridgehead atoms.